The van der Waals surface area contributed by atoms with Crippen molar-refractivity contribution in [2.24, 2.45) is 0 Å². The van der Waals surface area contributed by atoms with Crippen molar-refractivity contribution >= 4 is 23.2 Å². The van der Waals surface area contributed by atoms with E-state index in [4.69, 9.17) is 9.47 Å². The first-order valence-corrected chi connectivity index (χ1v) is 8.64. The highest BCUT2D eigenvalue weighted by molar-refractivity contribution is 6.05. The third kappa shape index (κ3) is 6.22. The van der Waals surface area contributed by atoms with E-state index in [1.807, 2.05) is 6.92 Å². The molecule has 138 valence electrons. The quantitative estimate of drug-likeness (QED) is 0.672. The number of ether oxygens (including phenoxy) is 2. The summed E-state index contributed by atoms with van der Waals surface area (Å²) in [7, 11) is 0. The van der Waals surface area contributed by atoms with E-state index in [9.17, 15) is 9.59 Å². The summed E-state index contributed by atoms with van der Waals surface area (Å²) in [5.74, 6) is 0.283. The van der Waals surface area contributed by atoms with Crippen molar-refractivity contribution in [3.63, 3.8) is 0 Å². The summed E-state index contributed by atoms with van der Waals surface area (Å²) < 4.78 is 10.8. The minimum absolute atomic E-state index is 0.0784. The van der Waals surface area contributed by atoms with Crippen LogP contribution in [0.15, 0.2) is 48.5 Å². The van der Waals surface area contributed by atoms with Crippen LogP contribution >= 0.6 is 0 Å². The molecule has 0 saturated heterocycles. The van der Waals surface area contributed by atoms with Crippen LogP contribution in [-0.2, 0) is 9.53 Å². The van der Waals surface area contributed by atoms with E-state index >= 15 is 0 Å². The Balaban J connectivity index is 1.99. The molecule has 6 nitrogen and oxygen atoms in total. The van der Waals surface area contributed by atoms with Crippen LogP contribution in [0.25, 0.3) is 0 Å². The molecule has 0 aromatic heterocycles. The molecular weight excluding hydrogens is 332 g/mol. The number of amides is 2. The van der Waals surface area contributed by atoms with E-state index in [-0.39, 0.29) is 11.8 Å². The standard InChI is InChI=1S/C20H24N2O4/c1-3-19(23)21-16-8-6-9-17(14-16)22-20(24)15-7-5-10-18(13-15)26-12-11-25-4-2/h5-10,13-14H,3-4,11-12H2,1-2H3,(H,21,23)(H,22,24). The molecule has 0 saturated carbocycles. The zero-order chi connectivity index (χ0) is 18.8. The maximum atomic E-state index is 12.5. The molecule has 0 atom stereocenters. The molecule has 0 aliphatic rings. The van der Waals surface area contributed by atoms with Gasteiger partial charge in [-0.15, -0.1) is 0 Å². The fraction of sp³-hybridized carbons (Fsp3) is 0.300. The second-order valence-electron chi connectivity index (χ2n) is 5.51. The van der Waals surface area contributed by atoms with Crippen molar-refractivity contribution in [2.75, 3.05) is 30.5 Å². The van der Waals surface area contributed by atoms with Crippen LogP contribution < -0.4 is 15.4 Å². The summed E-state index contributed by atoms with van der Waals surface area (Å²) in [4.78, 5) is 23.9. The third-order valence-electron chi connectivity index (χ3n) is 3.52. The van der Waals surface area contributed by atoms with Crippen molar-refractivity contribution in [3.05, 3.63) is 54.1 Å². The van der Waals surface area contributed by atoms with Crippen LogP contribution in [0.4, 0.5) is 11.4 Å². The van der Waals surface area contributed by atoms with Gasteiger partial charge in [-0.3, -0.25) is 9.59 Å². The largest absolute Gasteiger partial charge is 0.491 e. The Morgan fingerprint density at radius 1 is 0.923 bits per heavy atom. The molecule has 0 heterocycles. The van der Waals surface area contributed by atoms with Crippen LogP contribution in [0.1, 0.15) is 30.6 Å². The van der Waals surface area contributed by atoms with Gasteiger partial charge in [0.2, 0.25) is 5.91 Å². The Morgan fingerprint density at radius 2 is 1.65 bits per heavy atom. The molecular formula is C20H24N2O4. The summed E-state index contributed by atoms with van der Waals surface area (Å²) >= 11 is 0. The van der Waals surface area contributed by atoms with Crippen molar-refractivity contribution in [3.8, 4) is 5.75 Å². The lowest BCUT2D eigenvalue weighted by Gasteiger charge is -2.10. The topological polar surface area (TPSA) is 76.7 Å². The average molecular weight is 356 g/mol. The number of benzene rings is 2. The number of carbonyl (C=O) groups excluding carboxylic acids is 2. The highest BCUT2D eigenvalue weighted by Crippen LogP contribution is 2.18. The molecule has 0 unspecified atom stereocenters. The fourth-order valence-corrected chi connectivity index (χ4v) is 2.22. The van der Waals surface area contributed by atoms with E-state index in [0.29, 0.717) is 48.9 Å². The molecule has 0 spiro atoms. The zero-order valence-electron chi connectivity index (χ0n) is 15.1. The maximum Gasteiger partial charge on any atom is 0.255 e. The predicted molar refractivity (Wildman–Crippen MR) is 102 cm³/mol. The average Bonchev–Trinajstić information content (AvgIpc) is 2.65. The van der Waals surface area contributed by atoms with Gasteiger partial charge >= 0.3 is 0 Å². The number of carbonyl (C=O) groups is 2. The van der Waals surface area contributed by atoms with Crippen LogP contribution in [0.5, 0.6) is 5.75 Å². The molecule has 6 heteroatoms. The molecule has 0 radical (unpaired) electrons. The van der Waals surface area contributed by atoms with Gasteiger partial charge in [-0.2, -0.15) is 0 Å². The van der Waals surface area contributed by atoms with E-state index in [1.165, 1.54) is 0 Å². The smallest absolute Gasteiger partial charge is 0.255 e. The summed E-state index contributed by atoms with van der Waals surface area (Å²) in [6, 6.07) is 14.0. The first-order valence-electron chi connectivity index (χ1n) is 8.64. The minimum atomic E-state index is -0.251. The Hall–Kier alpha value is -2.86. The van der Waals surface area contributed by atoms with Crippen molar-refractivity contribution in [2.45, 2.75) is 20.3 Å². The first-order chi connectivity index (χ1) is 12.6. The van der Waals surface area contributed by atoms with Crippen molar-refractivity contribution in [1.82, 2.24) is 0 Å². The molecule has 0 aliphatic carbocycles. The summed E-state index contributed by atoms with van der Waals surface area (Å²) in [5, 5.41) is 5.59. The lowest BCUT2D eigenvalue weighted by Crippen LogP contribution is -2.13. The van der Waals surface area contributed by atoms with Gasteiger partial charge in [0, 0.05) is 30.0 Å². The second kappa shape index (κ2) is 10.2. The van der Waals surface area contributed by atoms with Crippen LogP contribution in [0.2, 0.25) is 0 Å². The van der Waals surface area contributed by atoms with Gasteiger partial charge in [-0.25, -0.2) is 0 Å². The minimum Gasteiger partial charge on any atom is -0.491 e. The third-order valence-corrected chi connectivity index (χ3v) is 3.52. The van der Waals surface area contributed by atoms with E-state index in [2.05, 4.69) is 10.6 Å². The highest BCUT2D eigenvalue weighted by Gasteiger charge is 2.08. The lowest BCUT2D eigenvalue weighted by molar-refractivity contribution is -0.115. The molecule has 2 N–H and O–H groups in total. The van der Waals surface area contributed by atoms with E-state index in [0.717, 1.165) is 0 Å². The van der Waals surface area contributed by atoms with Crippen LogP contribution in [0, 0.1) is 0 Å². The van der Waals surface area contributed by atoms with Gasteiger partial charge < -0.3 is 20.1 Å². The molecule has 2 aromatic carbocycles. The van der Waals surface area contributed by atoms with Gasteiger partial charge in [0.25, 0.3) is 5.91 Å². The zero-order valence-corrected chi connectivity index (χ0v) is 15.1. The molecule has 0 aliphatic heterocycles. The number of hydrogen-bond acceptors (Lipinski definition) is 4. The summed E-state index contributed by atoms with van der Waals surface area (Å²) in [5.41, 5.74) is 1.73. The van der Waals surface area contributed by atoms with E-state index in [1.54, 1.807) is 55.5 Å². The Morgan fingerprint density at radius 3 is 2.38 bits per heavy atom. The number of rotatable bonds is 9. The van der Waals surface area contributed by atoms with Gasteiger partial charge in [0.15, 0.2) is 0 Å². The van der Waals surface area contributed by atoms with Crippen molar-refractivity contribution in [1.29, 1.82) is 0 Å². The molecule has 0 bridgehead atoms. The Bertz CT molecular complexity index is 746. The molecule has 2 amide bonds. The Kier molecular flexibility index (Phi) is 7.64. The number of anilines is 2. The summed E-state index contributed by atoms with van der Waals surface area (Å²) in [6.45, 7) is 5.28. The van der Waals surface area contributed by atoms with Gasteiger partial charge in [0.05, 0.1) is 6.61 Å². The first kappa shape index (κ1) is 19.5. The molecule has 0 fully saturated rings. The predicted octanol–water partition coefficient (Wildman–Crippen LogP) is 3.70. The van der Waals surface area contributed by atoms with Gasteiger partial charge in [0.1, 0.15) is 12.4 Å². The maximum absolute atomic E-state index is 12.5. The van der Waals surface area contributed by atoms with Crippen LogP contribution in [-0.4, -0.2) is 31.6 Å². The van der Waals surface area contributed by atoms with Gasteiger partial charge in [-0.1, -0.05) is 19.1 Å². The Labute approximate surface area is 153 Å². The molecule has 26 heavy (non-hydrogen) atoms. The van der Waals surface area contributed by atoms with Crippen LogP contribution in [0.3, 0.4) is 0 Å². The lowest BCUT2D eigenvalue weighted by atomic mass is 10.2. The van der Waals surface area contributed by atoms with E-state index < -0.39 is 0 Å². The normalized spacial score (nSPS) is 10.2. The number of nitrogens with one attached hydrogen (secondary N) is 2. The number of hydrogen-bond donors (Lipinski definition) is 2. The molecule has 2 aromatic rings. The molecule has 2 rings (SSSR count). The monoisotopic (exact) mass is 356 g/mol. The SMILES string of the molecule is CCOCCOc1cccc(C(=O)Nc2cccc(NC(=O)CC)c2)c1. The highest BCUT2D eigenvalue weighted by atomic mass is 16.5. The second-order valence-corrected chi connectivity index (χ2v) is 5.51. The van der Waals surface area contributed by atoms with Crippen molar-refractivity contribution < 1.29 is 19.1 Å². The fourth-order valence-electron chi connectivity index (χ4n) is 2.22. The summed E-state index contributed by atoms with van der Waals surface area (Å²) in [6.07, 6.45) is 0.396. The van der Waals surface area contributed by atoms with Gasteiger partial charge in [-0.05, 0) is 43.3 Å².